The van der Waals surface area contributed by atoms with E-state index in [2.05, 4.69) is 15.9 Å². The van der Waals surface area contributed by atoms with Gasteiger partial charge < -0.3 is 9.84 Å². The van der Waals surface area contributed by atoms with Crippen LogP contribution in [0.1, 0.15) is 17.2 Å². The molecule has 0 spiro atoms. The van der Waals surface area contributed by atoms with Crippen LogP contribution in [-0.2, 0) is 6.42 Å². The van der Waals surface area contributed by atoms with E-state index in [0.717, 1.165) is 10.0 Å². The predicted molar refractivity (Wildman–Crippen MR) is 75.8 cm³/mol. The first kappa shape index (κ1) is 14.0. The minimum atomic E-state index is -0.751. The van der Waals surface area contributed by atoms with Crippen LogP contribution in [0, 0.1) is 5.82 Å². The van der Waals surface area contributed by atoms with Crippen molar-refractivity contribution < 1.29 is 14.2 Å². The summed E-state index contributed by atoms with van der Waals surface area (Å²) in [7, 11) is 1.42. The molecule has 2 aromatic rings. The number of hydrogen-bond donors (Lipinski definition) is 1. The van der Waals surface area contributed by atoms with Gasteiger partial charge in [0.2, 0.25) is 0 Å². The van der Waals surface area contributed by atoms with Crippen molar-refractivity contribution in [2.75, 3.05) is 7.11 Å². The minimum absolute atomic E-state index is 0.193. The lowest BCUT2D eigenvalue weighted by molar-refractivity contribution is 0.177. The van der Waals surface area contributed by atoms with Gasteiger partial charge >= 0.3 is 0 Å². The van der Waals surface area contributed by atoms with E-state index in [-0.39, 0.29) is 12.2 Å². The molecule has 0 fully saturated rings. The summed E-state index contributed by atoms with van der Waals surface area (Å²) in [6.45, 7) is 0. The Bertz CT molecular complexity index is 572. The third-order valence-electron chi connectivity index (χ3n) is 2.91. The van der Waals surface area contributed by atoms with Gasteiger partial charge in [-0.05, 0) is 29.3 Å². The van der Waals surface area contributed by atoms with Crippen LogP contribution in [0.3, 0.4) is 0 Å². The van der Waals surface area contributed by atoms with E-state index in [0.29, 0.717) is 5.56 Å². The maximum absolute atomic E-state index is 14.0. The van der Waals surface area contributed by atoms with E-state index in [1.54, 1.807) is 18.2 Å². The molecular formula is C15H14BrFO2. The number of ether oxygens (including phenoxy) is 1. The molecule has 1 N–H and O–H groups in total. The molecule has 0 saturated heterocycles. The molecular weight excluding hydrogens is 311 g/mol. The van der Waals surface area contributed by atoms with Gasteiger partial charge in [-0.2, -0.15) is 0 Å². The van der Waals surface area contributed by atoms with Crippen LogP contribution in [0.5, 0.6) is 5.75 Å². The topological polar surface area (TPSA) is 29.5 Å². The second-order valence-corrected chi connectivity index (χ2v) is 5.12. The molecule has 0 radical (unpaired) electrons. The number of aliphatic hydroxyl groups is 1. The highest BCUT2D eigenvalue weighted by Crippen LogP contribution is 2.26. The molecule has 0 aliphatic heterocycles. The van der Waals surface area contributed by atoms with E-state index in [1.165, 1.54) is 7.11 Å². The molecule has 19 heavy (non-hydrogen) atoms. The lowest BCUT2D eigenvalue weighted by Gasteiger charge is -2.13. The standard InChI is InChI=1S/C15H14BrFO2/c1-19-14-7-3-5-11(15(14)17)9-13(18)10-4-2-6-12(16)8-10/h2-8,13,18H,9H2,1H3. The molecule has 100 valence electrons. The number of aliphatic hydroxyl groups excluding tert-OH is 1. The summed E-state index contributed by atoms with van der Waals surface area (Å²) in [6.07, 6.45) is -0.543. The summed E-state index contributed by atoms with van der Waals surface area (Å²) in [4.78, 5) is 0. The van der Waals surface area contributed by atoms with Crippen LogP contribution in [0.4, 0.5) is 4.39 Å². The first-order chi connectivity index (χ1) is 9.11. The average molecular weight is 325 g/mol. The van der Waals surface area contributed by atoms with Gasteiger partial charge in [-0.1, -0.05) is 40.2 Å². The van der Waals surface area contributed by atoms with E-state index in [9.17, 15) is 9.50 Å². The van der Waals surface area contributed by atoms with Crippen molar-refractivity contribution in [3.05, 3.63) is 63.9 Å². The Kier molecular flexibility index (Phi) is 4.56. The Morgan fingerprint density at radius 3 is 2.68 bits per heavy atom. The van der Waals surface area contributed by atoms with Crippen molar-refractivity contribution in [1.29, 1.82) is 0 Å². The molecule has 1 atom stereocenters. The van der Waals surface area contributed by atoms with E-state index in [1.807, 2.05) is 24.3 Å². The predicted octanol–water partition coefficient (Wildman–Crippen LogP) is 3.87. The molecule has 0 aliphatic carbocycles. The van der Waals surface area contributed by atoms with Gasteiger partial charge in [-0.15, -0.1) is 0 Å². The second-order valence-electron chi connectivity index (χ2n) is 4.21. The fourth-order valence-electron chi connectivity index (χ4n) is 1.91. The Balaban J connectivity index is 2.21. The average Bonchev–Trinajstić information content (AvgIpc) is 2.41. The molecule has 0 heterocycles. The third-order valence-corrected chi connectivity index (χ3v) is 3.40. The van der Waals surface area contributed by atoms with Gasteiger partial charge in [0.05, 0.1) is 13.2 Å². The Morgan fingerprint density at radius 1 is 1.26 bits per heavy atom. The van der Waals surface area contributed by atoms with Crippen LogP contribution in [0.2, 0.25) is 0 Å². The number of hydrogen-bond acceptors (Lipinski definition) is 2. The zero-order valence-corrected chi connectivity index (χ0v) is 12.0. The number of halogens is 2. The molecule has 0 aromatic heterocycles. The molecule has 4 heteroatoms. The summed E-state index contributed by atoms with van der Waals surface area (Å²) in [5.41, 5.74) is 1.18. The van der Waals surface area contributed by atoms with Crippen molar-refractivity contribution in [3.8, 4) is 5.75 Å². The number of benzene rings is 2. The Labute approximate surface area is 120 Å². The van der Waals surface area contributed by atoms with E-state index < -0.39 is 11.9 Å². The fraction of sp³-hybridized carbons (Fsp3) is 0.200. The largest absolute Gasteiger partial charge is 0.494 e. The highest BCUT2D eigenvalue weighted by Gasteiger charge is 2.14. The third kappa shape index (κ3) is 3.33. The van der Waals surface area contributed by atoms with Crippen LogP contribution < -0.4 is 4.74 Å². The summed E-state index contributed by atoms with van der Waals surface area (Å²) in [5, 5.41) is 10.2. The summed E-state index contributed by atoms with van der Waals surface area (Å²) < 4.78 is 19.8. The maximum Gasteiger partial charge on any atom is 0.168 e. The summed E-state index contributed by atoms with van der Waals surface area (Å²) >= 11 is 3.35. The van der Waals surface area contributed by atoms with Crippen LogP contribution in [-0.4, -0.2) is 12.2 Å². The lowest BCUT2D eigenvalue weighted by atomic mass is 10.0. The minimum Gasteiger partial charge on any atom is -0.494 e. The molecule has 0 bridgehead atoms. The van der Waals surface area contributed by atoms with Crippen LogP contribution in [0.15, 0.2) is 46.9 Å². The number of methoxy groups -OCH3 is 1. The SMILES string of the molecule is COc1cccc(CC(O)c2cccc(Br)c2)c1F. The lowest BCUT2D eigenvalue weighted by Crippen LogP contribution is -2.04. The molecule has 0 amide bonds. The van der Waals surface area contributed by atoms with E-state index >= 15 is 0 Å². The molecule has 1 unspecified atom stereocenters. The first-order valence-electron chi connectivity index (χ1n) is 5.86. The van der Waals surface area contributed by atoms with Crippen LogP contribution >= 0.6 is 15.9 Å². The van der Waals surface area contributed by atoms with Crippen molar-refractivity contribution in [1.82, 2.24) is 0 Å². The van der Waals surface area contributed by atoms with Crippen molar-refractivity contribution in [2.24, 2.45) is 0 Å². The van der Waals surface area contributed by atoms with Gasteiger partial charge in [0.1, 0.15) is 0 Å². The normalized spacial score (nSPS) is 12.2. The maximum atomic E-state index is 14.0. The molecule has 0 saturated carbocycles. The van der Waals surface area contributed by atoms with Gasteiger partial charge in [-0.25, -0.2) is 4.39 Å². The zero-order chi connectivity index (χ0) is 13.8. The number of rotatable bonds is 4. The van der Waals surface area contributed by atoms with Gasteiger partial charge in [0.25, 0.3) is 0 Å². The van der Waals surface area contributed by atoms with Crippen molar-refractivity contribution in [2.45, 2.75) is 12.5 Å². The fourth-order valence-corrected chi connectivity index (χ4v) is 2.33. The van der Waals surface area contributed by atoms with Gasteiger partial charge in [-0.3, -0.25) is 0 Å². The van der Waals surface area contributed by atoms with Gasteiger partial charge in [0, 0.05) is 10.9 Å². The van der Waals surface area contributed by atoms with Crippen LogP contribution in [0.25, 0.3) is 0 Å². The molecule has 2 aromatic carbocycles. The highest BCUT2D eigenvalue weighted by molar-refractivity contribution is 9.10. The quantitative estimate of drug-likeness (QED) is 0.925. The summed E-state index contributed by atoms with van der Waals surface area (Å²) in [5.74, 6) is -0.224. The Hall–Kier alpha value is -1.39. The van der Waals surface area contributed by atoms with Crippen molar-refractivity contribution in [3.63, 3.8) is 0 Å². The molecule has 0 aliphatic rings. The van der Waals surface area contributed by atoms with Gasteiger partial charge in [0.15, 0.2) is 11.6 Å². The highest BCUT2D eigenvalue weighted by atomic mass is 79.9. The molecule has 2 nitrogen and oxygen atoms in total. The Morgan fingerprint density at radius 2 is 2.00 bits per heavy atom. The molecule has 2 rings (SSSR count). The zero-order valence-electron chi connectivity index (χ0n) is 10.4. The monoisotopic (exact) mass is 324 g/mol. The second kappa shape index (κ2) is 6.17. The van der Waals surface area contributed by atoms with E-state index in [4.69, 9.17) is 4.74 Å². The smallest absolute Gasteiger partial charge is 0.168 e. The van der Waals surface area contributed by atoms with Crippen molar-refractivity contribution >= 4 is 15.9 Å². The first-order valence-corrected chi connectivity index (χ1v) is 6.66. The summed E-state index contributed by atoms with van der Waals surface area (Å²) in [6, 6.07) is 12.3.